The van der Waals surface area contributed by atoms with Crippen LogP contribution >= 0.6 is 15.9 Å². The Morgan fingerprint density at radius 3 is 2.94 bits per heavy atom. The number of piperidine rings is 1. The molecule has 4 heteroatoms. The van der Waals surface area contributed by atoms with Gasteiger partial charge in [0.05, 0.1) is 0 Å². The van der Waals surface area contributed by atoms with E-state index in [4.69, 9.17) is 0 Å². The maximum absolute atomic E-state index is 4.64. The molecule has 1 N–H and O–H groups in total. The zero-order valence-electron chi connectivity index (χ0n) is 11.4. The molecule has 0 amide bonds. The van der Waals surface area contributed by atoms with Crippen LogP contribution in [0.4, 0.5) is 5.82 Å². The summed E-state index contributed by atoms with van der Waals surface area (Å²) in [5.41, 5.74) is 1.27. The summed E-state index contributed by atoms with van der Waals surface area (Å²) in [4.78, 5) is 7.11. The van der Waals surface area contributed by atoms with Gasteiger partial charge in [0.25, 0.3) is 0 Å². The van der Waals surface area contributed by atoms with E-state index in [1.165, 1.54) is 18.4 Å². The lowest BCUT2D eigenvalue weighted by Crippen LogP contribution is -2.42. The number of pyridine rings is 1. The Balaban J connectivity index is 2.30. The Labute approximate surface area is 118 Å². The number of nitrogens with one attached hydrogen (secondary N) is 1. The molecule has 100 valence electrons. The van der Waals surface area contributed by atoms with Crippen LogP contribution in [0.1, 0.15) is 32.3 Å². The highest BCUT2D eigenvalue weighted by atomic mass is 79.9. The Bertz CT molecular complexity index is 408. The topological polar surface area (TPSA) is 28.2 Å². The molecule has 1 aliphatic rings. The van der Waals surface area contributed by atoms with Gasteiger partial charge in [-0.05, 0) is 54.7 Å². The average molecular weight is 312 g/mol. The number of hydrogen-bond donors (Lipinski definition) is 1. The van der Waals surface area contributed by atoms with Crippen molar-refractivity contribution in [2.45, 2.75) is 39.3 Å². The van der Waals surface area contributed by atoms with Gasteiger partial charge in [0.15, 0.2) is 0 Å². The molecule has 0 aromatic carbocycles. The average Bonchev–Trinajstić information content (AvgIpc) is 2.33. The number of rotatable bonds is 3. The maximum Gasteiger partial charge on any atom is 0.133 e. The third-order valence-corrected chi connectivity index (χ3v) is 4.10. The number of halogens is 1. The van der Waals surface area contributed by atoms with E-state index in [-0.39, 0.29) is 0 Å². The van der Waals surface area contributed by atoms with E-state index in [1.54, 1.807) is 0 Å². The molecular formula is C14H22BrN3. The Morgan fingerprint density at radius 1 is 1.44 bits per heavy atom. The lowest BCUT2D eigenvalue weighted by Gasteiger charge is -2.38. The van der Waals surface area contributed by atoms with Gasteiger partial charge in [0, 0.05) is 35.4 Å². The first-order valence-electron chi connectivity index (χ1n) is 6.67. The Kier molecular flexibility index (Phi) is 4.62. The second kappa shape index (κ2) is 6.02. The molecule has 1 aromatic heterocycles. The summed E-state index contributed by atoms with van der Waals surface area (Å²) in [7, 11) is 1.98. The minimum Gasteiger partial charge on any atom is -0.353 e. The Morgan fingerprint density at radius 2 is 2.22 bits per heavy atom. The first-order valence-corrected chi connectivity index (χ1v) is 7.46. The van der Waals surface area contributed by atoms with Crippen LogP contribution in [0.5, 0.6) is 0 Å². The molecule has 2 unspecified atom stereocenters. The number of anilines is 1. The molecule has 0 radical (unpaired) electrons. The van der Waals surface area contributed by atoms with Crippen molar-refractivity contribution in [1.29, 1.82) is 0 Å². The van der Waals surface area contributed by atoms with Crippen molar-refractivity contribution in [3.8, 4) is 0 Å². The molecule has 0 bridgehead atoms. The van der Waals surface area contributed by atoms with Gasteiger partial charge in [-0.3, -0.25) is 0 Å². The van der Waals surface area contributed by atoms with Crippen LogP contribution in [0.3, 0.4) is 0 Å². The maximum atomic E-state index is 4.64. The minimum absolute atomic E-state index is 0.588. The van der Waals surface area contributed by atoms with E-state index < -0.39 is 0 Å². The normalized spacial score (nSPS) is 24.3. The molecule has 2 rings (SSSR count). The minimum atomic E-state index is 0.588. The van der Waals surface area contributed by atoms with Crippen molar-refractivity contribution in [3.63, 3.8) is 0 Å². The zero-order chi connectivity index (χ0) is 13.1. The van der Waals surface area contributed by atoms with Gasteiger partial charge in [-0.2, -0.15) is 0 Å². The lowest BCUT2D eigenvalue weighted by atomic mass is 9.94. The lowest BCUT2D eigenvalue weighted by molar-refractivity contribution is 0.387. The van der Waals surface area contributed by atoms with Gasteiger partial charge in [0.2, 0.25) is 0 Å². The van der Waals surface area contributed by atoms with E-state index >= 15 is 0 Å². The molecule has 0 aliphatic carbocycles. The van der Waals surface area contributed by atoms with Gasteiger partial charge in [-0.15, -0.1) is 0 Å². The van der Waals surface area contributed by atoms with Crippen LogP contribution in [0, 0.1) is 5.92 Å². The molecule has 2 atom stereocenters. The molecule has 18 heavy (non-hydrogen) atoms. The summed E-state index contributed by atoms with van der Waals surface area (Å²) >= 11 is 3.51. The first kappa shape index (κ1) is 13.8. The van der Waals surface area contributed by atoms with E-state index in [9.17, 15) is 0 Å². The quantitative estimate of drug-likeness (QED) is 0.929. The fourth-order valence-electron chi connectivity index (χ4n) is 2.64. The molecule has 3 nitrogen and oxygen atoms in total. The molecule has 1 aliphatic heterocycles. The molecular weight excluding hydrogens is 290 g/mol. The van der Waals surface area contributed by atoms with Gasteiger partial charge in [-0.25, -0.2) is 4.98 Å². The molecule has 1 saturated heterocycles. The van der Waals surface area contributed by atoms with E-state index in [2.05, 4.69) is 51.0 Å². The largest absolute Gasteiger partial charge is 0.353 e. The summed E-state index contributed by atoms with van der Waals surface area (Å²) in [5, 5.41) is 3.23. The summed E-state index contributed by atoms with van der Waals surface area (Å²) in [5.74, 6) is 1.90. The van der Waals surface area contributed by atoms with Crippen LogP contribution in [0.25, 0.3) is 0 Å². The van der Waals surface area contributed by atoms with Gasteiger partial charge >= 0.3 is 0 Å². The van der Waals surface area contributed by atoms with Crippen molar-refractivity contribution >= 4 is 21.7 Å². The monoisotopic (exact) mass is 311 g/mol. The second-order valence-electron chi connectivity index (χ2n) is 5.35. The van der Waals surface area contributed by atoms with Crippen LogP contribution < -0.4 is 10.2 Å². The van der Waals surface area contributed by atoms with E-state index in [0.717, 1.165) is 29.3 Å². The predicted molar refractivity (Wildman–Crippen MR) is 79.9 cm³/mol. The highest BCUT2D eigenvalue weighted by Crippen LogP contribution is 2.29. The van der Waals surface area contributed by atoms with Crippen LogP contribution in [0.15, 0.2) is 16.7 Å². The zero-order valence-corrected chi connectivity index (χ0v) is 13.0. The number of hydrogen-bond acceptors (Lipinski definition) is 3. The van der Waals surface area contributed by atoms with Crippen molar-refractivity contribution in [2.24, 2.45) is 5.92 Å². The third-order valence-electron chi connectivity index (χ3n) is 3.67. The van der Waals surface area contributed by atoms with E-state index in [0.29, 0.717) is 6.04 Å². The number of nitrogens with zero attached hydrogens (tertiary/aromatic N) is 2. The molecule has 0 saturated carbocycles. The first-order chi connectivity index (χ1) is 8.61. The molecule has 0 spiro atoms. The Hall–Kier alpha value is -0.610. The fourth-order valence-corrected chi connectivity index (χ4v) is 3.02. The second-order valence-corrected chi connectivity index (χ2v) is 6.27. The standard InChI is InChI=1S/C14H22BrN3/c1-10-4-5-11(2)18(9-10)14-12(7-16-3)6-13(15)8-17-14/h6,8,10-11,16H,4-5,7,9H2,1-3H3. The molecule has 2 heterocycles. The van der Waals surface area contributed by atoms with Crippen LogP contribution in [-0.4, -0.2) is 24.6 Å². The third kappa shape index (κ3) is 3.04. The smallest absolute Gasteiger partial charge is 0.133 e. The molecule has 1 fully saturated rings. The molecule has 1 aromatic rings. The van der Waals surface area contributed by atoms with Crippen LogP contribution in [-0.2, 0) is 6.54 Å². The number of aromatic nitrogens is 1. The summed E-state index contributed by atoms with van der Waals surface area (Å²) in [6, 6.07) is 2.76. The summed E-state index contributed by atoms with van der Waals surface area (Å²) < 4.78 is 1.05. The van der Waals surface area contributed by atoms with Gasteiger partial charge in [0.1, 0.15) is 5.82 Å². The van der Waals surface area contributed by atoms with Crippen molar-refractivity contribution < 1.29 is 0 Å². The van der Waals surface area contributed by atoms with Crippen molar-refractivity contribution in [3.05, 3.63) is 22.3 Å². The highest BCUT2D eigenvalue weighted by molar-refractivity contribution is 9.10. The SMILES string of the molecule is CNCc1cc(Br)cnc1N1CC(C)CCC1C. The summed E-state index contributed by atoms with van der Waals surface area (Å²) in [6.45, 7) is 6.61. The predicted octanol–water partition coefficient (Wildman–Crippen LogP) is 3.19. The van der Waals surface area contributed by atoms with Crippen LogP contribution in [0.2, 0.25) is 0 Å². The fraction of sp³-hybridized carbons (Fsp3) is 0.643. The van der Waals surface area contributed by atoms with Crippen molar-refractivity contribution in [1.82, 2.24) is 10.3 Å². The summed E-state index contributed by atoms with van der Waals surface area (Å²) in [6.07, 6.45) is 4.49. The van der Waals surface area contributed by atoms with Crippen molar-refractivity contribution in [2.75, 3.05) is 18.5 Å². The van der Waals surface area contributed by atoms with Gasteiger partial charge < -0.3 is 10.2 Å². The van der Waals surface area contributed by atoms with E-state index in [1.807, 2.05) is 13.2 Å². The highest BCUT2D eigenvalue weighted by Gasteiger charge is 2.25. The van der Waals surface area contributed by atoms with Gasteiger partial charge in [-0.1, -0.05) is 6.92 Å².